The maximum Gasteiger partial charge on any atom is 0.191 e. The van der Waals surface area contributed by atoms with Gasteiger partial charge in [-0.25, -0.2) is 0 Å². The summed E-state index contributed by atoms with van der Waals surface area (Å²) in [5, 5.41) is 11.4. The molecule has 1 aromatic carbocycles. The molecular weight excluding hydrogens is 348 g/mol. The lowest BCUT2D eigenvalue weighted by molar-refractivity contribution is 0.328. The maximum atomic E-state index is 4.48. The molecule has 2 aromatic rings. The minimum Gasteiger partial charge on any atom is -0.356 e. The lowest BCUT2D eigenvalue weighted by Gasteiger charge is -2.17. The number of guanidine groups is 1. The van der Waals surface area contributed by atoms with Crippen molar-refractivity contribution in [2.24, 2.45) is 18.0 Å². The van der Waals surface area contributed by atoms with E-state index in [0.717, 1.165) is 44.3 Å². The highest BCUT2D eigenvalue weighted by Crippen LogP contribution is 2.16. The Morgan fingerprint density at radius 3 is 2.68 bits per heavy atom. The third kappa shape index (κ3) is 5.35. The van der Waals surface area contributed by atoms with Crippen LogP contribution in [0.1, 0.15) is 28.9 Å². The predicted octanol–water partition coefficient (Wildman–Crippen LogP) is 2.27. The van der Waals surface area contributed by atoms with Crippen LogP contribution in [0.15, 0.2) is 35.3 Å². The van der Waals surface area contributed by atoms with Crippen molar-refractivity contribution in [3.8, 4) is 0 Å². The van der Waals surface area contributed by atoms with Crippen LogP contribution in [-0.4, -0.2) is 53.9 Å². The number of aryl methyl sites for hydroxylation is 2. The van der Waals surface area contributed by atoms with Gasteiger partial charge in [0, 0.05) is 51.5 Å². The number of likely N-dealkylation sites (tertiary alicyclic amines) is 1. The number of rotatable bonds is 7. The van der Waals surface area contributed by atoms with Gasteiger partial charge in [-0.3, -0.25) is 9.67 Å². The summed E-state index contributed by atoms with van der Waals surface area (Å²) < 4.78 is 1.94. The highest BCUT2D eigenvalue weighted by atomic mass is 15.3. The second-order valence-electron chi connectivity index (χ2n) is 7.77. The molecule has 3 rings (SSSR count). The lowest BCUT2D eigenvalue weighted by Crippen LogP contribution is -2.40. The summed E-state index contributed by atoms with van der Waals surface area (Å²) in [6, 6.07) is 10.8. The van der Waals surface area contributed by atoms with Crippen LogP contribution in [0.4, 0.5) is 0 Å². The van der Waals surface area contributed by atoms with Gasteiger partial charge in [0.05, 0.1) is 5.69 Å². The van der Waals surface area contributed by atoms with Crippen molar-refractivity contribution in [1.29, 1.82) is 0 Å². The molecule has 1 unspecified atom stereocenters. The molecule has 6 heteroatoms. The van der Waals surface area contributed by atoms with Crippen molar-refractivity contribution >= 4 is 5.96 Å². The molecule has 0 radical (unpaired) electrons. The summed E-state index contributed by atoms with van der Waals surface area (Å²) in [5.74, 6) is 1.54. The molecule has 0 spiro atoms. The first-order valence-electron chi connectivity index (χ1n) is 10.3. The van der Waals surface area contributed by atoms with Gasteiger partial charge in [-0.05, 0) is 44.7 Å². The van der Waals surface area contributed by atoms with Gasteiger partial charge in [0.15, 0.2) is 5.96 Å². The highest BCUT2D eigenvalue weighted by molar-refractivity contribution is 5.79. The van der Waals surface area contributed by atoms with Crippen LogP contribution in [-0.2, 0) is 20.0 Å². The molecule has 1 aliphatic heterocycles. The first-order chi connectivity index (χ1) is 13.6. The minimum atomic E-state index is 0.677. The number of aliphatic imine (C=N–C) groups is 1. The Balaban J connectivity index is 1.39. The smallest absolute Gasteiger partial charge is 0.191 e. The van der Waals surface area contributed by atoms with E-state index in [9.17, 15) is 0 Å². The van der Waals surface area contributed by atoms with Crippen LogP contribution in [0.25, 0.3) is 0 Å². The molecule has 6 nitrogen and oxygen atoms in total. The highest BCUT2D eigenvalue weighted by Gasteiger charge is 2.22. The maximum absolute atomic E-state index is 4.48. The summed E-state index contributed by atoms with van der Waals surface area (Å²) in [4.78, 5) is 6.96. The fraction of sp³-hybridized carbons (Fsp3) is 0.545. The second-order valence-corrected chi connectivity index (χ2v) is 7.77. The monoisotopic (exact) mass is 382 g/mol. The summed E-state index contributed by atoms with van der Waals surface area (Å²) in [7, 11) is 3.82. The van der Waals surface area contributed by atoms with E-state index in [1.165, 1.54) is 29.8 Å². The van der Waals surface area contributed by atoms with Gasteiger partial charge in [0.2, 0.25) is 0 Å². The number of hydrogen-bond donors (Lipinski definition) is 2. The summed E-state index contributed by atoms with van der Waals surface area (Å²) in [5.41, 5.74) is 4.95. The Kier molecular flexibility index (Phi) is 7.09. The van der Waals surface area contributed by atoms with E-state index in [-0.39, 0.29) is 0 Å². The molecular formula is C22H34N6. The standard InChI is InChI=1S/C22H34N6/c1-17-21(18(2)27(4)26-17)15-25-22(23-3)24-14-20-11-13-28(16-20)12-10-19-8-6-5-7-9-19/h5-9,20H,10-16H2,1-4H3,(H2,23,24,25). The van der Waals surface area contributed by atoms with Gasteiger partial charge in [-0.1, -0.05) is 30.3 Å². The number of nitrogens with one attached hydrogen (secondary N) is 2. The van der Waals surface area contributed by atoms with E-state index in [2.05, 4.69) is 69.8 Å². The average Bonchev–Trinajstić information content (AvgIpc) is 3.26. The molecule has 1 atom stereocenters. The van der Waals surface area contributed by atoms with E-state index in [0.29, 0.717) is 5.92 Å². The molecule has 0 aliphatic carbocycles. The van der Waals surface area contributed by atoms with Crippen molar-refractivity contribution in [1.82, 2.24) is 25.3 Å². The zero-order valence-electron chi connectivity index (χ0n) is 17.7. The summed E-state index contributed by atoms with van der Waals surface area (Å²) in [6.45, 7) is 9.38. The number of nitrogens with zero attached hydrogens (tertiary/aromatic N) is 4. The fourth-order valence-corrected chi connectivity index (χ4v) is 3.92. The van der Waals surface area contributed by atoms with Crippen LogP contribution < -0.4 is 10.6 Å². The largest absolute Gasteiger partial charge is 0.356 e. The minimum absolute atomic E-state index is 0.677. The second kappa shape index (κ2) is 9.73. The number of hydrogen-bond acceptors (Lipinski definition) is 3. The van der Waals surface area contributed by atoms with Gasteiger partial charge in [0.1, 0.15) is 0 Å². The Morgan fingerprint density at radius 1 is 1.21 bits per heavy atom. The molecule has 28 heavy (non-hydrogen) atoms. The molecule has 1 saturated heterocycles. The quantitative estimate of drug-likeness (QED) is 0.570. The summed E-state index contributed by atoms with van der Waals surface area (Å²) in [6.07, 6.45) is 2.38. The zero-order chi connectivity index (χ0) is 19.9. The Hall–Kier alpha value is -2.34. The van der Waals surface area contributed by atoms with Crippen LogP contribution in [0.5, 0.6) is 0 Å². The molecule has 2 heterocycles. The average molecular weight is 383 g/mol. The normalized spacial score (nSPS) is 17.9. The van der Waals surface area contributed by atoms with Crippen LogP contribution >= 0.6 is 0 Å². The predicted molar refractivity (Wildman–Crippen MR) is 116 cm³/mol. The third-order valence-corrected chi connectivity index (χ3v) is 5.80. The Labute approximate surface area is 169 Å². The lowest BCUT2D eigenvalue weighted by atomic mass is 10.1. The van der Waals surface area contributed by atoms with Gasteiger partial charge in [-0.2, -0.15) is 5.10 Å². The van der Waals surface area contributed by atoms with Gasteiger partial charge < -0.3 is 15.5 Å². The van der Waals surface area contributed by atoms with Crippen molar-refractivity contribution in [3.63, 3.8) is 0 Å². The first-order valence-corrected chi connectivity index (χ1v) is 10.3. The molecule has 1 aliphatic rings. The molecule has 0 saturated carbocycles. The number of benzene rings is 1. The molecule has 152 valence electrons. The molecule has 1 fully saturated rings. The van der Waals surface area contributed by atoms with Crippen LogP contribution in [0.2, 0.25) is 0 Å². The van der Waals surface area contributed by atoms with Gasteiger partial charge in [0.25, 0.3) is 0 Å². The first kappa shape index (κ1) is 20.4. The van der Waals surface area contributed by atoms with E-state index >= 15 is 0 Å². The Bertz CT molecular complexity index is 780. The molecule has 0 amide bonds. The van der Waals surface area contributed by atoms with Crippen molar-refractivity contribution < 1.29 is 0 Å². The van der Waals surface area contributed by atoms with E-state index < -0.39 is 0 Å². The topological polar surface area (TPSA) is 57.5 Å². The third-order valence-electron chi connectivity index (χ3n) is 5.80. The van der Waals surface area contributed by atoms with Crippen LogP contribution in [0.3, 0.4) is 0 Å². The van der Waals surface area contributed by atoms with Gasteiger partial charge >= 0.3 is 0 Å². The van der Waals surface area contributed by atoms with Crippen molar-refractivity contribution in [3.05, 3.63) is 52.8 Å². The number of aromatic nitrogens is 2. The van der Waals surface area contributed by atoms with E-state index in [1.54, 1.807) is 0 Å². The zero-order valence-corrected chi connectivity index (χ0v) is 17.7. The Morgan fingerprint density at radius 2 is 2.00 bits per heavy atom. The van der Waals surface area contributed by atoms with Gasteiger partial charge in [-0.15, -0.1) is 0 Å². The van der Waals surface area contributed by atoms with E-state index in [1.807, 2.05) is 18.8 Å². The molecule has 2 N–H and O–H groups in total. The molecule has 1 aromatic heterocycles. The van der Waals surface area contributed by atoms with Crippen LogP contribution in [0, 0.1) is 19.8 Å². The molecule has 0 bridgehead atoms. The SMILES string of the molecule is CN=C(NCc1c(C)nn(C)c1C)NCC1CCN(CCc2ccccc2)C1. The van der Waals surface area contributed by atoms with E-state index in [4.69, 9.17) is 0 Å². The summed E-state index contributed by atoms with van der Waals surface area (Å²) >= 11 is 0. The van der Waals surface area contributed by atoms with Crippen molar-refractivity contribution in [2.45, 2.75) is 33.2 Å². The van der Waals surface area contributed by atoms with Crippen molar-refractivity contribution in [2.75, 3.05) is 33.2 Å². The fourth-order valence-electron chi connectivity index (χ4n) is 3.92.